The van der Waals surface area contributed by atoms with E-state index in [4.69, 9.17) is 16.3 Å². The highest BCUT2D eigenvalue weighted by atomic mass is 35.5. The number of aromatic nitrogens is 4. The Morgan fingerprint density at radius 2 is 1.94 bits per heavy atom. The Balaban J connectivity index is 1.50. The Morgan fingerprint density at radius 1 is 1.15 bits per heavy atom. The lowest BCUT2D eigenvalue weighted by Crippen LogP contribution is -2.20. The van der Waals surface area contributed by atoms with Gasteiger partial charge in [-0.1, -0.05) is 35.5 Å². The minimum atomic E-state index is -0.264. The average molecular weight is 493 g/mol. The molecule has 2 heterocycles. The monoisotopic (exact) mass is 492 g/mol. The number of carbonyl (C=O) groups is 1. The number of thioether (sulfide) groups is 1. The maximum atomic E-state index is 12.4. The van der Waals surface area contributed by atoms with E-state index in [1.165, 1.54) is 11.8 Å². The molecule has 4 aromatic rings. The highest BCUT2D eigenvalue weighted by Crippen LogP contribution is 2.28. The summed E-state index contributed by atoms with van der Waals surface area (Å²) in [4.78, 5) is 16.5. The van der Waals surface area contributed by atoms with Gasteiger partial charge in [0.2, 0.25) is 0 Å². The molecular weight excluding hydrogens is 472 g/mol. The van der Waals surface area contributed by atoms with E-state index in [1.54, 1.807) is 30.7 Å². The first-order valence-corrected chi connectivity index (χ1v) is 11.8. The second-order valence-corrected chi connectivity index (χ2v) is 8.32. The van der Waals surface area contributed by atoms with Crippen LogP contribution in [0.15, 0.2) is 83.3 Å². The Morgan fingerprint density at radius 3 is 2.65 bits per heavy atom. The van der Waals surface area contributed by atoms with E-state index in [-0.39, 0.29) is 11.7 Å². The zero-order valence-electron chi connectivity index (χ0n) is 18.3. The fourth-order valence-corrected chi connectivity index (χ4v) is 3.90. The number of amides is 1. The second kappa shape index (κ2) is 11.4. The molecule has 10 heteroatoms. The Hall–Kier alpha value is -3.69. The molecule has 2 aromatic heterocycles. The van der Waals surface area contributed by atoms with Crippen molar-refractivity contribution in [1.29, 1.82) is 0 Å². The van der Waals surface area contributed by atoms with Crippen LogP contribution in [0.1, 0.15) is 12.5 Å². The van der Waals surface area contributed by atoms with E-state index in [2.05, 4.69) is 25.7 Å². The van der Waals surface area contributed by atoms with E-state index in [1.807, 2.05) is 60.0 Å². The summed E-state index contributed by atoms with van der Waals surface area (Å²) in [5, 5.41) is 13.9. The summed E-state index contributed by atoms with van der Waals surface area (Å²) < 4.78 is 7.44. The fourth-order valence-electron chi connectivity index (χ4n) is 3.03. The van der Waals surface area contributed by atoms with E-state index in [9.17, 15) is 4.79 Å². The molecule has 0 atom stereocenters. The fraction of sp³-hybridized carbons (Fsp3) is 0.125. The number of hydrogen-bond acceptors (Lipinski definition) is 7. The Labute approximate surface area is 206 Å². The highest BCUT2D eigenvalue weighted by molar-refractivity contribution is 7.99. The average Bonchev–Trinajstić information content (AvgIpc) is 3.29. The first-order chi connectivity index (χ1) is 16.6. The number of nitrogens with one attached hydrogen (secondary N) is 1. The van der Waals surface area contributed by atoms with Gasteiger partial charge >= 0.3 is 0 Å². The van der Waals surface area contributed by atoms with E-state index >= 15 is 0 Å². The third-order valence-electron chi connectivity index (χ3n) is 4.56. The van der Waals surface area contributed by atoms with Gasteiger partial charge in [0.25, 0.3) is 5.91 Å². The third-order valence-corrected chi connectivity index (χ3v) is 5.75. The number of carbonyl (C=O) groups excluding carboxylic acids is 1. The van der Waals surface area contributed by atoms with Crippen LogP contribution in [0.5, 0.6) is 5.75 Å². The van der Waals surface area contributed by atoms with Gasteiger partial charge in [0.15, 0.2) is 11.0 Å². The van der Waals surface area contributed by atoms with Crippen LogP contribution in [-0.2, 0) is 4.79 Å². The quantitative estimate of drug-likeness (QED) is 0.208. The van der Waals surface area contributed by atoms with E-state index < -0.39 is 0 Å². The minimum Gasteiger partial charge on any atom is -0.494 e. The van der Waals surface area contributed by atoms with Crippen LogP contribution in [0.2, 0.25) is 5.02 Å². The molecule has 0 fully saturated rings. The molecule has 1 N–H and O–H groups in total. The molecule has 0 bridgehead atoms. The second-order valence-electron chi connectivity index (χ2n) is 6.94. The maximum absolute atomic E-state index is 12.4. The van der Waals surface area contributed by atoms with Gasteiger partial charge in [-0.25, -0.2) is 5.43 Å². The van der Waals surface area contributed by atoms with Crippen LogP contribution in [0.4, 0.5) is 0 Å². The summed E-state index contributed by atoms with van der Waals surface area (Å²) in [6.07, 6.45) is 4.98. The third kappa shape index (κ3) is 6.00. The number of ether oxygens (including phenoxy) is 1. The van der Waals surface area contributed by atoms with E-state index in [0.29, 0.717) is 22.6 Å². The number of nitrogens with zero attached hydrogens (tertiary/aromatic N) is 5. The largest absolute Gasteiger partial charge is 0.494 e. The molecule has 1 amide bonds. The summed E-state index contributed by atoms with van der Waals surface area (Å²) >= 11 is 7.14. The van der Waals surface area contributed by atoms with Crippen LogP contribution in [0, 0.1) is 0 Å². The van der Waals surface area contributed by atoms with Crippen LogP contribution < -0.4 is 10.2 Å². The summed E-state index contributed by atoms with van der Waals surface area (Å²) in [6.45, 7) is 2.52. The molecule has 2 aromatic carbocycles. The normalized spacial score (nSPS) is 11.0. The molecule has 8 nitrogen and oxygen atoms in total. The van der Waals surface area contributed by atoms with Crippen molar-refractivity contribution in [3.05, 3.63) is 83.6 Å². The van der Waals surface area contributed by atoms with Gasteiger partial charge in [-0.15, -0.1) is 10.2 Å². The van der Waals surface area contributed by atoms with Gasteiger partial charge in [-0.2, -0.15) is 5.10 Å². The van der Waals surface area contributed by atoms with Crippen LogP contribution in [0.3, 0.4) is 0 Å². The van der Waals surface area contributed by atoms with Crippen LogP contribution in [-0.4, -0.2) is 44.2 Å². The molecule has 0 radical (unpaired) electrons. The van der Waals surface area contributed by atoms with Crippen molar-refractivity contribution < 1.29 is 9.53 Å². The van der Waals surface area contributed by atoms with Crippen LogP contribution >= 0.6 is 23.4 Å². The molecule has 0 spiro atoms. The topological polar surface area (TPSA) is 94.3 Å². The summed E-state index contributed by atoms with van der Waals surface area (Å²) in [7, 11) is 0. The van der Waals surface area contributed by atoms with Crippen LogP contribution in [0.25, 0.3) is 17.1 Å². The lowest BCUT2D eigenvalue weighted by atomic mass is 10.2. The minimum absolute atomic E-state index is 0.111. The lowest BCUT2D eigenvalue weighted by molar-refractivity contribution is -0.118. The zero-order valence-corrected chi connectivity index (χ0v) is 19.8. The Bertz CT molecular complexity index is 1260. The summed E-state index contributed by atoms with van der Waals surface area (Å²) in [5.41, 5.74) is 5.01. The van der Waals surface area contributed by atoms with Crippen molar-refractivity contribution in [2.75, 3.05) is 12.4 Å². The van der Waals surface area contributed by atoms with E-state index in [0.717, 1.165) is 22.6 Å². The maximum Gasteiger partial charge on any atom is 0.250 e. The van der Waals surface area contributed by atoms with Crippen molar-refractivity contribution in [3.63, 3.8) is 0 Å². The molecule has 0 aliphatic rings. The van der Waals surface area contributed by atoms with Gasteiger partial charge in [0, 0.05) is 28.7 Å². The van der Waals surface area contributed by atoms with Crippen molar-refractivity contribution in [3.8, 4) is 22.8 Å². The van der Waals surface area contributed by atoms with Crippen molar-refractivity contribution in [2.45, 2.75) is 12.1 Å². The Kier molecular flexibility index (Phi) is 7.90. The standard InChI is InChI=1S/C24H21ClN6O2S/c1-2-33-21-11-9-20(10-12-21)31-23(18-4-3-13-26-15-18)29-30-24(31)34-16-22(32)28-27-14-17-5-7-19(25)8-6-17/h3-15H,2,16H2,1H3,(H,28,32)/b27-14-. The lowest BCUT2D eigenvalue weighted by Gasteiger charge is -2.11. The molecule has 0 saturated heterocycles. The highest BCUT2D eigenvalue weighted by Gasteiger charge is 2.17. The predicted octanol–water partition coefficient (Wildman–Crippen LogP) is 4.62. The molecule has 4 rings (SSSR count). The summed E-state index contributed by atoms with van der Waals surface area (Å²) in [5.74, 6) is 1.25. The number of hydrogen-bond donors (Lipinski definition) is 1. The zero-order chi connectivity index (χ0) is 23.8. The molecule has 0 aliphatic heterocycles. The predicted molar refractivity (Wildman–Crippen MR) is 134 cm³/mol. The van der Waals surface area contributed by atoms with Gasteiger partial charge in [0.1, 0.15) is 5.75 Å². The van der Waals surface area contributed by atoms with Gasteiger partial charge in [-0.3, -0.25) is 14.3 Å². The molecule has 0 saturated carbocycles. The molecule has 0 unspecified atom stereocenters. The molecule has 34 heavy (non-hydrogen) atoms. The summed E-state index contributed by atoms with van der Waals surface area (Å²) in [6, 6.07) is 18.5. The number of rotatable bonds is 9. The van der Waals surface area contributed by atoms with Crippen molar-refractivity contribution in [2.24, 2.45) is 5.10 Å². The number of pyridine rings is 1. The molecule has 172 valence electrons. The molecule has 0 aliphatic carbocycles. The number of halogens is 1. The number of hydrazone groups is 1. The van der Waals surface area contributed by atoms with Crippen molar-refractivity contribution >= 4 is 35.5 Å². The van der Waals surface area contributed by atoms with Gasteiger partial charge in [-0.05, 0) is 61.0 Å². The van der Waals surface area contributed by atoms with Crippen molar-refractivity contribution in [1.82, 2.24) is 25.2 Å². The smallest absolute Gasteiger partial charge is 0.250 e. The molecular formula is C24H21ClN6O2S. The van der Waals surface area contributed by atoms with Gasteiger partial charge < -0.3 is 4.74 Å². The first-order valence-electron chi connectivity index (χ1n) is 10.4. The van der Waals surface area contributed by atoms with Gasteiger partial charge in [0.05, 0.1) is 18.6 Å². The number of benzene rings is 2. The SMILES string of the molecule is CCOc1ccc(-n2c(SCC(=O)N/N=C\c3ccc(Cl)cc3)nnc2-c2cccnc2)cc1. The first kappa shape index (κ1) is 23.5.